The van der Waals surface area contributed by atoms with Gasteiger partial charge in [-0.2, -0.15) is 4.31 Å². The van der Waals surface area contributed by atoms with Gasteiger partial charge in [0.25, 0.3) is 5.91 Å². The van der Waals surface area contributed by atoms with Crippen molar-refractivity contribution in [2.45, 2.75) is 43.9 Å². The predicted octanol–water partition coefficient (Wildman–Crippen LogP) is 4.86. The zero-order chi connectivity index (χ0) is 26.4. The molecule has 37 heavy (non-hydrogen) atoms. The van der Waals surface area contributed by atoms with Crippen LogP contribution in [0.1, 0.15) is 49.4 Å². The average molecular weight is 545 g/mol. The van der Waals surface area contributed by atoms with Crippen molar-refractivity contribution in [1.82, 2.24) is 14.2 Å². The van der Waals surface area contributed by atoms with Crippen molar-refractivity contribution in [1.29, 1.82) is 0 Å². The Morgan fingerprint density at radius 3 is 2.38 bits per heavy atom. The molecule has 1 aliphatic heterocycles. The molecule has 8 nitrogen and oxygen atoms in total. The van der Waals surface area contributed by atoms with E-state index in [0.29, 0.717) is 36.9 Å². The summed E-state index contributed by atoms with van der Waals surface area (Å²) in [6, 6.07) is 12.1. The molecule has 0 bridgehead atoms. The van der Waals surface area contributed by atoms with Gasteiger partial charge in [-0.3, -0.25) is 9.69 Å². The number of carbonyl (C=O) groups excluding carboxylic acids is 1. The SMILES string of the molecule is CCOc1ccc2nc(N(CCCN(C)C)C(=O)c3ccc(S(=O)(=O)N4CCCCCC4)cc3)sc2c1. The Kier molecular flexibility index (Phi) is 9.17. The fraction of sp³-hybridized carbons (Fsp3) is 0.481. The summed E-state index contributed by atoms with van der Waals surface area (Å²) in [5, 5.41) is 0.619. The largest absolute Gasteiger partial charge is 0.494 e. The first kappa shape index (κ1) is 27.5. The maximum absolute atomic E-state index is 13.7. The summed E-state index contributed by atoms with van der Waals surface area (Å²) in [7, 11) is 0.436. The van der Waals surface area contributed by atoms with E-state index in [1.54, 1.807) is 33.5 Å². The fourth-order valence-corrected chi connectivity index (χ4v) is 6.99. The Labute approximate surface area is 223 Å². The third kappa shape index (κ3) is 6.67. The number of anilines is 1. The van der Waals surface area contributed by atoms with Gasteiger partial charge in [0.1, 0.15) is 5.75 Å². The molecule has 4 rings (SSSR count). The molecule has 0 N–H and O–H groups in total. The maximum Gasteiger partial charge on any atom is 0.260 e. The second kappa shape index (κ2) is 12.3. The van der Waals surface area contributed by atoms with Gasteiger partial charge in [-0.15, -0.1) is 0 Å². The van der Waals surface area contributed by atoms with E-state index in [4.69, 9.17) is 9.72 Å². The molecule has 1 aromatic heterocycles. The second-order valence-electron chi connectivity index (χ2n) is 9.52. The van der Waals surface area contributed by atoms with Crippen molar-refractivity contribution < 1.29 is 17.9 Å². The average Bonchev–Trinajstić information content (AvgIpc) is 3.09. The molecule has 0 atom stereocenters. The topological polar surface area (TPSA) is 83.0 Å². The smallest absolute Gasteiger partial charge is 0.260 e. The number of fused-ring (bicyclic) bond motifs is 1. The minimum Gasteiger partial charge on any atom is -0.494 e. The first-order chi connectivity index (χ1) is 17.8. The number of rotatable bonds is 10. The van der Waals surface area contributed by atoms with Crippen LogP contribution in [0.25, 0.3) is 10.2 Å². The Morgan fingerprint density at radius 1 is 1.03 bits per heavy atom. The van der Waals surface area contributed by atoms with Gasteiger partial charge < -0.3 is 9.64 Å². The summed E-state index contributed by atoms with van der Waals surface area (Å²) >= 11 is 1.45. The lowest BCUT2D eigenvalue weighted by Gasteiger charge is -2.22. The molecule has 0 aliphatic carbocycles. The Morgan fingerprint density at radius 2 is 1.73 bits per heavy atom. The summed E-state index contributed by atoms with van der Waals surface area (Å²) < 4.78 is 34.5. The molecule has 1 amide bonds. The molecule has 200 valence electrons. The predicted molar refractivity (Wildman–Crippen MR) is 149 cm³/mol. The van der Waals surface area contributed by atoms with Gasteiger partial charge in [0.2, 0.25) is 10.0 Å². The van der Waals surface area contributed by atoms with Crippen molar-refractivity contribution >= 4 is 42.6 Å². The highest BCUT2D eigenvalue weighted by Crippen LogP contribution is 2.32. The van der Waals surface area contributed by atoms with Gasteiger partial charge in [0, 0.05) is 25.2 Å². The number of aromatic nitrogens is 1. The van der Waals surface area contributed by atoms with Crippen LogP contribution < -0.4 is 9.64 Å². The Balaban J connectivity index is 1.59. The fourth-order valence-electron chi connectivity index (χ4n) is 4.45. The molecule has 1 aliphatic rings. The number of amides is 1. The normalized spacial score (nSPS) is 15.1. The van der Waals surface area contributed by atoms with Gasteiger partial charge in [-0.1, -0.05) is 24.2 Å². The molecule has 2 heterocycles. The van der Waals surface area contributed by atoms with E-state index in [1.165, 1.54) is 11.3 Å². The summed E-state index contributed by atoms with van der Waals surface area (Å²) in [4.78, 5) is 22.4. The molecule has 2 aromatic carbocycles. The monoisotopic (exact) mass is 544 g/mol. The molecule has 0 radical (unpaired) electrons. The summed E-state index contributed by atoms with van der Waals surface area (Å²) in [6.07, 6.45) is 4.65. The van der Waals surface area contributed by atoms with Crippen LogP contribution in [0.2, 0.25) is 0 Å². The van der Waals surface area contributed by atoms with Crippen molar-refractivity contribution in [3.8, 4) is 5.75 Å². The molecule has 0 spiro atoms. The van der Waals surface area contributed by atoms with Crippen molar-refractivity contribution in [2.75, 3.05) is 51.8 Å². The van der Waals surface area contributed by atoms with Crippen LogP contribution in [0.4, 0.5) is 5.13 Å². The molecular weight excluding hydrogens is 508 g/mol. The Bertz CT molecular complexity index is 1300. The number of sulfonamides is 1. The number of thiazole rings is 1. The van der Waals surface area contributed by atoms with E-state index in [-0.39, 0.29) is 10.8 Å². The van der Waals surface area contributed by atoms with Gasteiger partial charge in [0.15, 0.2) is 5.13 Å². The zero-order valence-corrected chi connectivity index (χ0v) is 23.5. The first-order valence-corrected chi connectivity index (χ1v) is 15.2. The molecule has 1 fully saturated rings. The van der Waals surface area contributed by atoms with Crippen molar-refractivity contribution in [3.05, 3.63) is 48.0 Å². The molecule has 10 heteroatoms. The second-order valence-corrected chi connectivity index (χ2v) is 12.5. The van der Waals surface area contributed by atoms with Crippen LogP contribution in [0.5, 0.6) is 5.75 Å². The maximum atomic E-state index is 13.7. The van der Waals surface area contributed by atoms with Crippen LogP contribution in [-0.4, -0.2) is 75.4 Å². The van der Waals surface area contributed by atoms with E-state index >= 15 is 0 Å². The molecule has 1 saturated heterocycles. The zero-order valence-electron chi connectivity index (χ0n) is 21.9. The van der Waals surface area contributed by atoms with Crippen LogP contribution in [0.3, 0.4) is 0 Å². The van der Waals surface area contributed by atoms with Crippen LogP contribution in [-0.2, 0) is 10.0 Å². The highest BCUT2D eigenvalue weighted by atomic mass is 32.2. The lowest BCUT2D eigenvalue weighted by Crippen LogP contribution is -2.34. The summed E-state index contributed by atoms with van der Waals surface area (Å²) in [6.45, 7) is 4.95. The lowest BCUT2D eigenvalue weighted by molar-refractivity contribution is 0.0986. The summed E-state index contributed by atoms with van der Waals surface area (Å²) in [5.74, 6) is 0.582. The van der Waals surface area contributed by atoms with Gasteiger partial charge in [-0.25, -0.2) is 13.4 Å². The molecule has 0 unspecified atom stereocenters. The van der Waals surface area contributed by atoms with Gasteiger partial charge in [0.05, 0.1) is 21.7 Å². The number of carbonyl (C=O) groups is 1. The number of ether oxygens (including phenoxy) is 1. The van der Waals surface area contributed by atoms with E-state index < -0.39 is 10.0 Å². The highest BCUT2D eigenvalue weighted by molar-refractivity contribution is 7.89. The lowest BCUT2D eigenvalue weighted by atomic mass is 10.2. The molecule has 0 saturated carbocycles. The van der Waals surface area contributed by atoms with E-state index in [0.717, 1.165) is 54.6 Å². The third-order valence-electron chi connectivity index (χ3n) is 6.43. The number of benzene rings is 2. The van der Waals surface area contributed by atoms with E-state index in [2.05, 4.69) is 4.90 Å². The molecular formula is C27H36N4O4S2. The van der Waals surface area contributed by atoms with Gasteiger partial charge in [-0.05, 0) is 89.3 Å². The first-order valence-electron chi connectivity index (χ1n) is 12.9. The minimum absolute atomic E-state index is 0.193. The molecule has 3 aromatic rings. The number of hydrogen-bond donors (Lipinski definition) is 0. The van der Waals surface area contributed by atoms with Gasteiger partial charge >= 0.3 is 0 Å². The standard InChI is InChI=1S/C27H36N4O4S2/c1-4-35-22-12-15-24-25(20-22)36-27(28-24)31(19-9-16-29(2)3)26(32)21-10-13-23(14-11-21)37(33,34)30-17-7-5-6-8-18-30/h10-15,20H,4-9,16-19H2,1-3H3. The van der Waals surface area contributed by atoms with Crippen LogP contribution in [0, 0.1) is 0 Å². The summed E-state index contributed by atoms with van der Waals surface area (Å²) in [5.41, 5.74) is 1.25. The minimum atomic E-state index is -3.57. The number of nitrogens with zero attached hydrogens (tertiary/aromatic N) is 4. The van der Waals surface area contributed by atoms with Crippen molar-refractivity contribution in [3.63, 3.8) is 0 Å². The quantitative estimate of drug-likeness (QED) is 0.363. The van der Waals surface area contributed by atoms with E-state index in [1.807, 2.05) is 39.2 Å². The van der Waals surface area contributed by atoms with Crippen LogP contribution >= 0.6 is 11.3 Å². The van der Waals surface area contributed by atoms with Crippen LogP contribution in [0.15, 0.2) is 47.4 Å². The third-order valence-corrected chi connectivity index (χ3v) is 9.38. The number of hydrogen-bond acceptors (Lipinski definition) is 7. The van der Waals surface area contributed by atoms with Crippen molar-refractivity contribution in [2.24, 2.45) is 0 Å². The Hall–Kier alpha value is -2.53. The van der Waals surface area contributed by atoms with E-state index in [9.17, 15) is 13.2 Å². The highest BCUT2D eigenvalue weighted by Gasteiger charge is 2.26.